The Morgan fingerprint density at radius 2 is 2.04 bits per heavy atom. The number of anilines is 1. The summed E-state index contributed by atoms with van der Waals surface area (Å²) in [4.78, 5) is 32.3. The van der Waals surface area contributed by atoms with Crippen LogP contribution in [0, 0.1) is 17.0 Å². The first-order valence-electron chi connectivity index (χ1n) is 7.55. The van der Waals surface area contributed by atoms with E-state index in [0.717, 1.165) is 6.42 Å². The zero-order chi connectivity index (χ0) is 17.3. The Bertz CT molecular complexity index is 791. The molecule has 1 aromatic carbocycles. The van der Waals surface area contributed by atoms with Crippen molar-refractivity contribution >= 4 is 17.5 Å². The van der Waals surface area contributed by atoms with Gasteiger partial charge in [-0.25, -0.2) is 14.8 Å². The van der Waals surface area contributed by atoms with E-state index < -0.39 is 16.9 Å². The maximum absolute atomic E-state index is 11.4. The van der Waals surface area contributed by atoms with Gasteiger partial charge in [0, 0.05) is 36.0 Å². The molecule has 0 amide bonds. The van der Waals surface area contributed by atoms with Crippen molar-refractivity contribution in [2.45, 2.75) is 25.8 Å². The average Bonchev–Trinajstić information content (AvgIpc) is 3.04. The number of non-ortho nitro benzene ring substituents is 1. The van der Waals surface area contributed by atoms with Gasteiger partial charge in [-0.15, -0.1) is 0 Å². The Morgan fingerprint density at radius 1 is 1.33 bits per heavy atom. The molecule has 1 fully saturated rings. The number of aliphatic carboxylic acids is 1. The SMILES string of the molecule is Cc1cc(N2CCCC2C(=O)O)nc(-c2ccc([N+](=O)[O-])cc2)n1. The van der Waals surface area contributed by atoms with E-state index in [4.69, 9.17) is 0 Å². The normalized spacial score (nSPS) is 17.0. The Labute approximate surface area is 137 Å². The highest BCUT2D eigenvalue weighted by Crippen LogP contribution is 2.27. The number of nitro groups is 1. The van der Waals surface area contributed by atoms with Crippen LogP contribution in [0.5, 0.6) is 0 Å². The summed E-state index contributed by atoms with van der Waals surface area (Å²) in [6.07, 6.45) is 1.39. The largest absolute Gasteiger partial charge is 0.480 e. The molecule has 8 nitrogen and oxygen atoms in total. The van der Waals surface area contributed by atoms with Crippen molar-refractivity contribution in [1.29, 1.82) is 0 Å². The Hall–Kier alpha value is -3.03. The summed E-state index contributed by atoms with van der Waals surface area (Å²) in [5.41, 5.74) is 1.36. The first-order chi connectivity index (χ1) is 11.5. The number of benzene rings is 1. The third kappa shape index (κ3) is 3.03. The number of carbonyl (C=O) groups is 1. The molecule has 0 aliphatic carbocycles. The minimum atomic E-state index is -0.861. The van der Waals surface area contributed by atoms with Crippen LogP contribution in [0.25, 0.3) is 11.4 Å². The third-order valence-electron chi connectivity index (χ3n) is 4.01. The van der Waals surface area contributed by atoms with Gasteiger partial charge in [-0.05, 0) is 31.9 Å². The van der Waals surface area contributed by atoms with Crippen LogP contribution < -0.4 is 4.90 Å². The van der Waals surface area contributed by atoms with E-state index in [0.29, 0.717) is 35.9 Å². The zero-order valence-electron chi connectivity index (χ0n) is 13.0. The molecule has 3 rings (SSSR count). The van der Waals surface area contributed by atoms with Crippen LogP contribution in [0.4, 0.5) is 11.5 Å². The number of hydrogen-bond donors (Lipinski definition) is 1. The highest BCUT2D eigenvalue weighted by atomic mass is 16.6. The Balaban J connectivity index is 1.97. The molecule has 2 heterocycles. The predicted molar refractivity (Wildman–Crippen MR) is 86.9 cm³/mol. The van der Waals surface area contributed by atoms with E-state index in [9.17, 15) is 20.0 Å². The van der Waals surface area contributed by atoms with Crippen LogP contribution in [0.3, 0.4) is 0 Å². The zero-order valence-corrected chi connectivity index (χ0v) is 13.0. The van der Waals surface area contributed by atoms with Crippen LogP contribution in [0.15, 0.2) is 30.3 Å². The van der Waals surface area contributed by atoms with Gasteiger partial charge in [0.25, 0.3) is 5.69 Å². The molecule has 0 radical (unpaired) electrons. The Kier molecular flexibility index (Phi) is 4.11. The van der Waals surface area contributed by atoms with Crippen LogP contribution in [0.1, 0.15) is 18.5 Å². The minimum absolute atomic E-state index is 0.00268. The average molecular weight is 328 g/mol. The molecule has 1 aromatic heterocycles. The molecular weight excluding hydrogens is 312 g/mol. The molecule has 0 saturated carbocycles. The fraction of sp³-hybridized carbons (Fsp3) is 0.312. The minimum Gasteiger partial charge on any atom is -0.480 e. The van der Waals surface area contributed by atoms with Gasteiger partial charge in [-0.2, -0.15) is 0 Å². The molecular formula is C16H16N4O4. The second kappa shape index (κ2) is 6.23. The van der Waals surface area contributed by atoms with Crippen molar-refractivity contribution in [1.82, 2.24) is 9.97 Å². The van der Waals surface area contributed by atoms with Gasteiger partial charge in [0.2, 0.25) is 0 Å². The standard InChI is InChI=1S/C16H16N4O4/c1-10-9-14(19-8-2-3-13(19)16(21)22)18-15(17-10)11-4-6-12(7-5-11)20(23)24/h4-7,9,13H,2-3,8H2,1H3,(H,21,22). The number of carboxylic acids is 1. The highest BCUT2D eigenvalue weighted by Gasteiger charge is 2.31. The lowest BCUT2D eigenvalue weighted by Crippen LogP contribution is -2.36. The lowest BCUT2D eigenvalue weighted by atomic mass is 10.2. The maximum atomic E-state index is 11.4. The van der Waals surface area contributed by atoms with Crippen molar-refractivity contribution in [3.8, 4) is 11.4 Å². The summed E-state index contributed by atoms with van der Waals surface area (Å²) in [7, 11) is 0. The molecule has 0 bridgehead atoms. The van der Waals surface area contributed by atoms with Gasteiger partial charge in [0.1, 0.15) is 11.9 Å². The molecule has 0 spiro atoms. The molecule has 8 heteroatoms. The molecule has 1 N–H and O–H groups in total. The van der Waals surface area contributed by atoms with Crippen LogP contribution in [-0.4, -0.2) is 38.6 Å². The summed E-state index contributed by atoms with van der Waals surface area (Å²) in [5, 5.41) is 20.1. The Morgan fingerprint density at radius 3 is 2.67 bits per heavy atom. The summed E-state index contributed by atoms with van der Waals surface area (Å²) >= 11 is 0. The highest BCUT2D eigenvalue weighted by molar-refractivity contribution is 5.78. The second-order valence-electron chi connectivity index (χ2n) is 5.68. The van der Waals surface area contributed by atoms with Crippen LogP contribution >= 0.6 is 0 Å². The smallest absolute Gasteiger partial charge is 0.326 e. The number of nitro benzene ring substituents is 1. The quantitative estimate of drug-likeness (QED) is 0.678. The number of aryl methyl sites for hydroxylation is 1. The van der Waals surface area contributed by atoms with Crippen molar-refractivity contribution in [2.75, 3.05) is 11.4 Å². The lowest BCUT2D eigenvalue weighted by Gasteiger charge is -2.23. The van der Waals surface area contributed by atoms with Crippen molar-refractivity contribution in [3.63, 3.8) is 0 Å². The van der Waals surface area contributed by atoms with Gasteiger partial charge < -0.3 is 10.0 Å². The summed E-state index contributed by atoms with van der Waals surface area (Å²) in [6.45, 7) is 2.44. The topological polar surface area (TPSA) is 109 Å². The molecule has 124 valence electrons. The van der Waals surface area contributed by atoms with Gasteiger partial charge in [0.15, 0.2) is 5.82 Å². The summed E-state index contributed by atoms with van der Waals surface area (Å²) in [5.74, 6) is 0.136. The van der Waals surface area contributed by atoms with Crippen molar-refractivity contribution in [3.05, 3.63) is 46.1 Å². The predicted octanol–water partition coefficient (Wildman–Crippen LogP) is 2.41. The van der Waals surface area contributed by atoms with Crippen molar-refractivity contribution < 1.29 is 14.8 Å². The molecule has 1 aliphatic heterocycles. The molecule has 24 heavy (non-hydrogen) atoms. The molecule has 1 saturated heterocycles. The lowest BCUT2D eigenvalue weighted by molar-refractivity contribution is -0.384. The first kappa shape index (κ1) is 15.9. The molecule has 1 atom stereocenters. The van der Waals surface area contributed by atoms with Crippen LogP contribution in [-0.2, 0) is 4.79 Å². The van der Waals surface area contributed by atoms with Gasteiger partial charge in [0.05, 0.1) is 4.92 Å². The van der Waals surface area contributed by atoms with Crippen LogP contribution in [0.2, 0.25) is 0 Å². The number of carboxylic acid groups (broad SMARTS) is 1. The summed E-state index contributed by atoms with van der Waals surface area (Å²) in [6, 6.07) is 7.16. The summed E-state index contributed by atoms with van der Waals surface area (Å²) < 4.78 is 0. The van der Waals surface area contributed by atoms with E-state index in [1.54, 1.807) is 23.1 Å². The number of aromatic nitrogens is 2. The van der Waals surface area contributed by atoms with E-state index in [1.807, 2.05) is 6.92 Å². The molecule has 1 aliphatic rings. The number of nitrogens with zero attached hydrogens (tertiary/aromatic N) is 4. The number of hydrogen-bond acceptors (Lipinski definition) is 6. The first-order valence-corrected chi connectivity index (χ1v) is 7.55. The fourth-order valence-corrected chi connectivity index (χ4v) is 2.86. The molecule has 1 unspecified atom stereocenters. The van der Waals surface area contributed by atoms with E-state index in [2.05, 4.69) is 9.97 Å². The van der Waals surface area contributed by atoms with Gasteiger partial charge in [-0.1, -0.05) is 0 Å². The van der Waals surface area contributed by atoms with E-state index >= 15 is 0 Å². The third-order valence-corrected chi connectivity index (χ3v) is 4.01. The maximum Gasteiger partial charge on any atom is 0.326 e. The second-order valence-corrected chi connectivity index (χ2v) is 5.68. The van der Waals surface area contributed by atoms with Crippen molar-refractivity contribution in [2.24, 2.45) is 0 Å². The monoisotopic (exact) mass is 328 g/mol. The van der Waals surface area contributed by atoms with Gasteiger partial charge in [-0.3, -0.25) is 10.1 Å². The van der Waals surface area contributed by atoms with Gasteiger partial charge >= 0.3 is 5.97 Å². The van der Waals surface area contributed by atoms with E-state index in [-0.39, 0.29) is 5.69 Å². The molecule has 2 aromatic rings. The number of rotatable bonds is 4. The van der Waals surface area contributed by atoms with E-state index in [1.165, 1.54) is 12.1 Å². The fourth-order valence-electron chi connectivity index (χ4n) is 2.86.